The van der Waals surface area contributed by atoms with Crippen molar-refractivity contribution < 1.29 is 9.90 Å². The van der Waals surface area contributed by atoms with Crippen molar-refractivity contribution in [3.05, 3.63) is 34.9 Å². The molecule has 1 heterocycles. The molecule has 0 radical (unpaired) electrons. The second-order valence-corrected chi connectivity index (χ2v) is 5.44. The Bertz CT molecular complexity index is 615. The molecule has 5 heteroatoms. The molecular formula is C14H15BrN2O2. The smallest absolute Gasteiger partial charge is 0.308 e. The molecule has 0 saturated heterocycles. The SMILES string of the molecule is CC(CN(C)c1nccc2c(Br)cccc12)C(=O)O. The van der Waals surface area contributed by atoms with Crippen LogP contribution in [0.1, 0.15) is 6.92 Å². The largest absolute Gasteiger partial charge is 0.481 e. The fraction of sp³-hybridized carbons (Fsp3) is 0.286. The molecule has 0 aliphatic rings. The highest BCUT2D eigenvalue weighted by atomic mass is 79.9. The Hall–Kier alpha value is -1.62. The van der Waals surface area contributed by atoms with Gasteiger partial charge in [-0.2, -0.15) is 0 Å². The van der Waals surface area contributed by atoms with Gasteiger partial charge < -0.3 is 10.0 Å². The number of benzene rings is 1. The molecule has 0 aliphatic carbocycles. The van der Waals surface area contributed by atoms with Gasteiger partial charge in [-0.05, 0) is 12.1 Å². The van der Waals surface area contributed by atoms with Gasteiger partial charge in [0.2, 0.25) is 0 Å². The van der Waals surface area contributed by atoms with Crippen molar-refractivity contribution in [2.24, 2.45) is 5.92 Å². The van der Waals surface area contributed by atoms with E-state index in [0.29, 0.717) is 6.54 Å². The Labute approximate surface area is 120 Å². The molecule has 0 aliphatic heterocycles. The van der Waals surface area contributed by atoms with Crippen LogP contribution in [0.5, 0.6) is 0 Å². The van der Waals surface area contributed by atoms with Crippen LogP contribution in [0.4, 0.5) is 5.82 Å². The summed E-state index contributed by atoms with van der Waals surface area (Å²) < 4.78 is 1.01. The number of hydrogen-bond donors (Lipinski definition) is 1. The van der Waals surface area contributed by atoms with E-state index in [1.807, 2.05) is 36.2 Å². The van der Waals surface area contributed by atoms with Crippen molar-refractivity contribution in [3.8, 4) is 0 Å². The molecule has 0 amide bonds. The molecule has 0 spiro atoms. The predicted octanol–water partition coefficient (Wildman–Crippen LogP) is 3.15. The van der Waals surface area contributed by atoms with E-state index in [2.05, 4.69) is 20.9 Å². The van der Waals surface area contributed by atoms with E-state index in [-0.39, 0.29) is 0 Å². The molecule has 2 aromatic rings. The van der Waals surface area contributed by atoms with Crippen LogP contribution in [0.3, 0.4) is 0 Å². The van der Waals surface area contributed by atoms with Crippen LogP contribution >= 0.6 is 15.9 Å². The van der Waals surface area contributed by atoms with E-state index in [9.17, 15) is 4.79 Å². The second-order valence-electron chi connectivity index (χ2n) is 4.59. The van der Waals surface area contributed by atoms with E-state index < -0.39 is 11.9 Å². The number of anilines is 1. The maximum Gasteiger partial charge on any atom is 0.308 e. The quantitative estimate of drug-likeness (QED) is 0.939. The molecule has 0 saturated carbocycles. The third-order valence-electron chi connectivity index (χ3n) is 3.06. The van der Waals surface area contributed by atoms with Crippen LogP contribution in [0.2, 0.25) is 0 Å². The third kappa shape index (κ3) is 2.87. The lowest BCUT2D eigenvalue weighted by molar-refractivity contribution is -0.140. The zero-order valence-electron chi connectivity index (χ0n) is 10.8. The summed E-state index contributed by atoms with van der Waals surface area (Å²) in [5.74, 6) is -0.436. The summed E-state index contributed by atoms with van der Waals surface area (Å²) in [7, 11) is 1.86. The van der Waals surface area contributed by atoms with Crippen LogP contribution in [0.15, 0.2) is 34.9 Å². The monoisotopic (exact) mass is 322 g/mol. The van der Waals surface area contributed by atoms with Gasteiger partial charge in [-0.25, -0.2) is 4.98 Å². The molecule has 0 fully saturated rings. The summed E-state index contributed by atoms with van der Waals surface area (Å²) in [5, 5.41) is 11.1. The van der Waals surface area contributed by atoms with Crippen LogP contribution in [0, 0.1) is 5.92 Å². The van der Waals surface area contributed by atoms with E-state index >= 15 is 0 Å². The topological polar surface area (TPSA) is 53.4 Å². The normalized spacial score (nSPS) is 12.4. The highest BCUT2D eigenvalue weighted by Gasteiger charge is 2.16. The van der Waals surface area contributed by atoms with E-state index in [1.165, 1.54) is 0 Å². The van der Waals surface area contributed by atoms with Crippen LogP contribution < -0.4 is 4.90 Å². The summed E-state index contributed by atoms with van der Waals surface area (Å²) in [6, 6.07) is 7.86. The minimum absolute atomic E-state index is 0.425. The predicted molar refractivity (Wildman–Crippen MR) is 79.5 cm³/mol. The first-order valence-electron chi connectivity index (χ1n) is 5.98. The Morgan fingerprint density at radius 1 is 1.42 bits per heavy atom. The van der Waals surface area contributed by atoms with Crippen molar-refractivity contribution in [3.63, 3.8) is 0 Å². The second kappa shape index (κ2) is 5.57. The number of carboxylic acids is 1. The first-order valence-corrected chi connectivity index (χ1v) is 6.77. The van der Waals surface area contributed by atoms with Gasteiger partial charge in [0.1, 0.15) is 5.82 Å². The number of halogens is 1. The van der Waals surface area contributed by atoms with Crippen molar-refractivity contribution in [1.29, 1.82) is 0 Å². The number of fused-ring (bicyclic) bond motifs is 1. The Morgan fingerprint density at radius 2 is 2.16 bits per heavy atom. The molecule has 100 valence electrons. The zero-order chi connectivity index (χ0) is 14.0. The molecule has 1 unspecified atom stereocenters. The summed E-state index contributed by atoms with van der Waals surface area (Å²) >= 11 is 3.51. The van der Waals surface area contributed by atoms with Crippen molar-refractivity contribution in [1.82, 2.24) is 4.98 Å². The first-order chi connectivity index (χ1) is 9.00. The highest BCUT2D eigenvalue weighted by Crippen LogP contribution is 2.29. The Morgan fingerprint density at radius 3 is 2.84 bits per heavy atom. The van der Waals surface area contributed by atoms with Gasteiger partial charge in [-0.15, -0.1) is 0 Å². The molecule has 4 nitrogen and oxygen atoms in total. The van der Waals surface area contributed by atoms with Crippen molar-refractivity contribution in [2.75, 3.05) is 18.5 Å². The number of nitrogens with zero attached hydrogens (tertiary/aromatic N) is 2. The average Bonchev–Trinajstić information content (AvgIpc) is 2.38. The van der Waals surface area contributed by atoms with Crippen LogP contribution in [0.25, 0.3) is 10.8 Å². The summed E-state index contributed by atoms with van der Waals surface area (Å²) in [6.45, 7) is 2.12. The van der Waals surface area contributed by atoms with Gasteiger partial charge in [0.15, 0.2) is 0 Å². The van der Waals surface area contributed by atoms with Gasteiger partial charge in [0.05, 0.1) is 5.92 Å². The van der Waals surface area contributed by atoms with Crippen LogP contribution in [-0.4, -0.2) is 29.7 Å². The number of pyridine rings is 1. The van der Waals surface area contributed by atoms with Crippen molar-refractivity contribution >= 4 is 38.5 Å². The minimum Gasteiger partial charge on any atom is -0.481 e. The number of hydrogen-bond acceptors (Lipinski definition) is 3. The molecule has 0 bridgehead atoms. The molecular weight excluding hydrogens is 308 g/mol. The lowest BCUT2D eigenvalue weighted by Gasteiger charge is -2.22. The first kappa shape index (κ1) is 13.8. The van der Waals surface area contributed by atoms with E-state index in [0.717, 1.165) is 21.1 Å². The van der Waals surface area contributed by atoms with Gasteiger partial charge in [-0.3, -0.25) is 4.79 Å². The minimum atomic E-state index is -0.798. The molecule has 1 atom stereocenters. The molecule has 1 N–H and O–H groups in total. The van der Waals surface area contributed by atoms with E-state index in [1.54, 1.807) is 13.1 Å². The maximum absolute atomic E-state index is 10.9. The van der Waals surface area contributed by atoms with E-state index in [4.69, 9.17) is 5.11 Å². The van der Waals surface area contributed by atoms with Gasteiger partial charge >= 0.3 is 5.97 Å². The lowest BCUT2D eigenvalue weighted by Crippen LogP contribution is -2.29. The highest BCUT2D eigenvalue weighted by molar-refractivity contribution is 9.10. The fourth-order valence-electron chi connectivity index (χ4n) is 2.03. The number of carbonyl (C=O) groups is 1. The number of rotatable bonds is 4. The van der Waals surface area contributed by atoms with Gasteiger partial charge in [-0.1, -0.05) is 35.0 Å². The van der Waals surface area contributed by atoms with Crippen LogP contribution in [-0.2, 0) is 4.79 Å². The Balaban J connectivity index is 2.40. The van der Waals surface area contributed by atoms with Gasteiger partial charge in [0.25, 0.3) is 0 Å². The fourth-order valence-corrected chi connectivity index (χ4v) is 2.53. The zero-order valence-corrected chi connectivity index (χ0v) is 12.4. The number of aromatic nitrogens is 1. The number of carboxylic acid groups (broad SMARTS) is 1. The molecule has 1 aromatic heterocycles. The lowest BCUT2D eigenvalue weighted by atomic mass is 10.1. The summed E-state index contributed by atoms with van der Waals surface area (Å²) in [5.41, 5.74) is 0. The molecule has 2 rings (SSSR count). The summed E-state index contributed by atoms with van der Waals surface area (Å²) in [6.07, 6.45) is 1.74. The standard InChI is InChI=1S/C14H15BrN2O2/c1-9(14(18)19)8-17(2)13-11-4-3-5-12(15)10(11)6-7-16-13/h3-7,9H,8H2,1-2H3,(H,18,19). The number of aliphatic carboxylic acids is 1. The summed E-state index contributed by atoms with van der Waals surface area (Å²) in [4.78, 5) is 17.2. The third-order valence-corrected chi connectivity index (χ3v) is 3.75. The molecule has 1 aromatic carbocycles. The Kier molecular flexibility index (Phi) is 4.04. The average molecular weight is 323 g/mol. The molecule has 19 heavy (non-hydrogen) atoms. The van der Waals surface area contributed by atoms with Crippen molar-refractivity contribution in [2.45, 2.75) is 6.92 Å². The van der Waals surface area contributed by atoms with Gasteiger partial charge in [0, 0.05) is 35.0 Å². The maximum atomic E-state index is 10.9.